The molecule has 5 nitrogen and oxygen atoms in total. The lowest BCUT2D eigenvalue weighted by atomic mass is 10.00. The van der Waals surface area contributed by atoms with E-state index in [2.05, 4.69) is 15.1 Å². The largest absolute Gasteiger partial charge is 0.390 e. The molecule has 0 radical (unpaired) electrons. The molecule has 0 saturated heterocycles. The van der Waals surface area contributed by atoms with Crippen LogP contribution in [0.3, 0.4) is 0 Å². The number of hydrogen-bond donors (Lipinski definition) is 1. The van der Waals surface area contributed by atoms with E-state index in [9.17, 15) is 5.11 Å². The van der Waals surface area contributed by atoms with Crippen LogP contribution in [0.1, 0.15) is 11.1 Å². The summed E-state index contributed by atoms with van der Waals surface area (Å²) in [4.78, 5) is 6.82. The number of aliphatic imine (C=N–C) groups is 1. The van der Waals surface area contributed by atoms with Crippen LogP contribution in [0.2, 0.25) is 5.02 Å². The van der Waals surface area contributed by atoms with Gasteiger partial charge >= 0.3 is 0 Å². The minimum atomic E-state index is -0.103. The molecule has 0 atom stereocenters. The van der Waals surface area contributed by atoms with Gasteiger partial charge in [-0.15, -0.1) is 5.10 Å². The van der Waals surface area contributed by atoms with Crippen LogP contribution in [0, 0.1) is 0 Å². The molecule has 0 bridgehead atoms. The van der Waals surface area contributed by atoms with Crippen LogP contribution in [0.4, 0.5) is 5.69 Å². The highest BCUT2D eigenvalue weighted by molar-refractivity contribution is 6.36. The van der Waals surface area contributed by atoms with Crippen LogP contribution in [0.5, 0.6) is 0 Å². The van der Waals surface area contributed by atoms with E-state index >= 15 is 0 Å². The molecule has 2 heterocycles. The third-order valence-electron chi connectivity index (χ3n) is 4.10. The van der Waals surface area contributed by atoms with E-state index in [1.54, 1.807) is 0 Å². The van der Waals surface area contributed by atoms with Gasteiger partial charge in [-0.05, 0) is 12.1 Å². The molecule has 0 saturated carbocycles. The molecule has 24 heavy (non-hydrogen) atoms. The van der Waals surface area contributed by atoms with Gasteiger partial charge in [-0.3, -0.25) is 4.99 Å². The van der Waals surface area contributed by atoms with Crippen molar-refractivity contribution in [1.29, 1.82) is 0 Å². The Morgan fingerprint density at radius 3 is 2.54 bits per heavy atom. The highest BCUT2D eigenvalue weighted by Gasteiger charge is 2.27. The average molecular weight is 339 g/mol. The number of halogens is 1. The van der Waals surface area contributed by atoms with Gasteiger partial charge in [0.25, 0.3) is 0 Å². The summed E-state index contributed by atoms with van der Waals surface area (Å²) in [6.07, 6.45) is 0. The van der Waals surface area contributed by atoms with Crippen LogP contribution in [-0.2, 0) is 0 Å². The zero-order valence-electron chi connectivity index (χ0n) is 12.9. The number of para-hydroxylation sites is 1. The first-order valence-electron chi connectivity index (χ1n) is 7.67. The molecule has 0 spiro atoms. The Morgan fingerprint density at radius 2 is 1.75 bits per heavy atom. The monoisotopic (exact) mass is 338 g/mol. The van der Waals surface area contributed by atoms with Crippen molar-refractivity contribution in [2.45, 2.75) is 0 Å². The van der Waals surface area contributed by atoms with Gasteiger partial charge in [0.15, 0.2) is 5.84 Å². The Bertz CT molecular complexity index is 888. The van der Waals surface area contributed by atoms with E-state index in [4.69, 9.17) is 16.6 Å². The number of anilines is 1. The van der Waals surface area contributed by atoms with E-state index in [0.717, 1.165) is 28.4 Å². The Morgan fingerprint density at radius 1 is 1.00 bits per heavy atom. The van der Waals surface area contributed by atoms with Crippen molar-refractivity contribution in [3.8, 4) is 0 Å². The van der Waals surface area contributed by atoms with Crippen molar-refractivity contribution in [2.75, 3.05) is 24.6 Å². The number of amidine groups is 1. The van der Waals surface area contributed by atoms with Crippen molar-refractivity contribution >= 4 is 34.5 Å². The van der Waals surface area contributed by atoms with Crippen molar-refractivity contribution in [2.24, 2.45) is 15.2 Å². The van der Waals surface area contributed by atoms with Crippen LogP contribution in [0.15, 0.2) is 63.7 Å². The summed E-state index contributed by atoms with van der Waals surface area (Å²) in [5.41, 5.74) is 4.37. The van der Waals surface area contributed by atoms with Crippen molar-refractivity contribution in [3.63, 3.8) is 0 Å². The summed E-state index contributed by atoms with van der Waals surface area (Å²) in [6, 6.07) is 15.7. The summed E-state index contributed by atoms with van der Waals surface area (Å²) in [6.45, 7) is 0.822. The number of fused-ring (bicyclic) bond motifs is 3. The van der Waals surface area contributed by atoms with E-state index in [1.165, 1.54) is 0 Å². The van der Waals surface area contributed by atoms with Gasteiger partial charge in [-0.2, -0.15) is 5.10 Å². The quantitative estimate of drug-likeness (QED) is 0.915. The number of hydrogen-bond acceptors (Lipinski definition) is 5. The van der Waals surface area contributed by atoms with Crippen molar-refractivity contribution < 1.29 is 5.11 Å². The van der Waals surface area contributed by atoms with Gasteiger partial charge in [-0.25, -0.2) is 0 Å². The van der Waals surface area contributed by atoms with Crippen molar-refractivity contribution in [3.05, 3.63) is 64.7 Å². The minimum absolute atomic E-state index is 0.103. The SMILES string of the molecule is OCC1=NN=C2CN=C(c3ccccc3Cl)c3ccccc3N2C1. The maximum Gasteiger partial charge on any atom is 0.154 e. The number of aliphatic hydroxyl groups excluding tert-OH is 1. The highest BCUT2D eigenvalue weighted by Crippen LogP contribution is 2.30. The molecule has 0 fully saturated rings. The van der Waals surface area contributed by atoms with Gasteiger partial charge in [-0.1, -0.05) is 48.0 Å². The fraction of sp³-hybridized carbons (Fsp3) is 0.167. The fourth-order valence-electron chi connectivity index (χ4n) is 2.94. The summed E-state index contributed by atoms with van der Waals surface area (Å²) in [5, 5.41) is 18.4. The summed E-state index contributed by atoms with van der Waals surface area (Å²) in [5.74, 6) is 0.765. The molecule has 2 aliphatic heterocycles. The third-order valence-corrected chi connectivity index (χ3v) is 4.43. The van der Waals surface area contributed by atoms with Crippen LogP contribution < -0.4 is 4.90 Å². The highest BCUT2D eigenvalue weighted by atomic mass is 35.5. The van der Waals surface area contributed by atoms with E-state index in [-0.39, 0.29) is 6.61 Å². The number of rotatable bonds is 2. The summed E-state index contributed by atoms with van der Waals surface area (Å²) >= 11 is 6.40. The molecule has 0 aromatic heterocycles. The Labute approximate surface area is 144 Å². The Balaban J connectivity index is 1.88. The first-order chi connectivity index (χ1) is 11.8. The molecular weight excluding hydrogens is 324 g/mol. The summed E-state index contributed by atoms with van der Waals surface area (Å²) in [7, 11) is 0. The summed E-state index contributed by atoms with van der Waals surface area (Å²) < 4.78 is 0. The zero-order valence-corrected chi connectivity index (χ0v) is 13.6. The van der Waals surface area contributed by atoms with Gasteiger partial charge < -0.3 is 10.0 Å². The lowest BCUT2D eigenvalue weighted by Crippen LogP contribution is -2.40. The average Bonchev–Trinajstić information content (AvgIpc) is 2.79. The number of aliphatic hydroxyl groups is 1. The normalized spacial score (nSPS) is 16.4. The predicted octanol–water partition coefficient (Wildman–Crippen LogP) is 2.76. The maximum absolute atomic E-state index is 9.39. The van der Waals surface area contributed by atoms with E-state index < -0.39 is 0 Å². The second kappa shape index (κ2) is 6.19. The minimum Gasteiger partial charge on any atom is -0.390 e. The van der Waals surface area contributed by atoms with Gasteiger partial charge in [0, 0.05) is 16.1 Å². The molecule has 2 aromatic rings. The third kappa shape index (κ3) is 2.52. The Kier molecular flexibility index (Phi) is 3.88. The topological polar surface area (TPSA) is 60.6 Å². The molecule has 0 unspecified atom stereocenters. The first-order valence-corrected chi connectivity index (χ1v) is 8.05. The second-order valence-corrected chi connectivity index (χ2v) is 6.00. The van der Waals surface area contributed by atoms with Gasteiger partial charge in [0.2, 0.25) is 0 Å². The molecule has 6 heteroatoms. The molecule has 120 valence electrons. The second-order valence-electron chi connectivity index (χ2n) is 5.59. The number of benzene rings is 2. The zero-order chi connectivity index (χ0) is 16.5. The van der Waals surface area contributed by atoms with Crippen molar-refractivity contribution in [1.82, 2.24) is 0 Å². The smallest absolute Gasteiger partial charge is 0.154 e. The predicted molar refractivity (Wildman–Crippen MR) is 97.7 cm³/mol. The molecule has 4 rings (SSSR count). The fourth-order valence-corrected chi connectivity index (χ4v) is 3.16. The lowest BCUT2D eigenvalue weighted by Gasteiger charge is -2.27. The molecule has 2 aliphatic rings. The van der Waals surface area contributed by atoms with Crippen LogP contribution >= 0.6 is 11.6 Å². The van der Waals surface area contributed by atoms with E-state index in [1.807, 2.05) is 48.5 Å². The van der Waals surface area contributed by atoms with Crippen LogP contribution in [-0.4, -0.2) is 42.1 Å². The van der Waals surface area contributed by atoms with Gasteiger partial charge in [0.05, 0.1) is 36.8 Å². The molecule has 1 N–H and O–H groups in total. The number of nitrogens with zero attached hydrogens (tertiary/aromatic N) is 4. The van der Waals surface area contributed by atoms with E-state index in [0.29, 0.717) is 23.8 Å². The first kappa shape index (κ1) is 15.1. The standard InChI is InChI=1S/C18H15ClN4O/c19-15-7-3-1-5-13(15)18-14-6-2-4-8-16(14)23-10-12(11-24)21-22-17(23)9-20-18/h1-8,24H,9-11H2. The molecular formula is C18H15ClN4O. The molecule has 0 amide bonds. The molecule has 2 aromatic carbocycles. The lowest BCUT2D eigenvalue weighted by molar-refractivity contribution is 0.355. The van der Waals surface area contributed by atoms with Gasteiger partial charge in [0.1, 0.15) is 0 Å². The molecule has 0 aliphatic carbocycles. The maximum atomic E-state index is 9.39. The Hall–Kier alpha value is -2.50. The van der Waals surface area contributed by atoms with Crippen LogP contribution in [0.25, 0.3) is 0 Å².